The highest BCUT2D eigenvalue weighted by atomic mass is 16.7. The third-order valence-corrected chi connectivity index (χ3v) is 3.36. The molecule has 3 aromatic carbocycles. The van der Waals surface area contributed by atoms with Crippen LogP contribution in [0.3, 0.4) is 0 Å². The molecule has 0 aliphatic heterocycles. The van der Waals surface area contributed by atoms with Crippen molar-refractivity contribution in [1.82, 2.24) is 5.48 Å². The fourth-order valence-electron chi connectivity index (χ4n) is 2.48. The van der Waals surface area contributed by atoms with Crippen molar-refractivity contribution in [1.29, 1.82) is 0 Å². The minimum absolute atomic E-state index is 0.337. The highest BCUT2D eigenvalue weighted by Gasteiger charge is 2.04. The van der Waals surface area contributed by atoms with Crippen molar-refractivity contribution < 1.29 is 9.63 Å². The van der Waals surface area contributed by atoms with Gasteiger partial charge in [0.1, 0.15) is 0 Å². The van der Waals surface area contributed by atoms with Crippen LogP contribution in [-0.2, 0) is 16.2 Å². The molecule has 0 saturated carbocycles. The van der Waals surface area contributed by atoms with Gasteiger partial charge in [-0.15, -0.1) is 5.48 Å². The van der Waals surface area contributed by atoms with Gasteiger partial charge >= 0.3 is 5.97 Å². The van der Waals surface area contributed by atoms with E-state index in [1.165, 1.54) is 28.5 Å². The maximum atomic E-state index is 10.8. The lowest BCUT2D eigenvalue weighted by molar-refractivity contribution is -0.148. The van der Waals surface area contributed by atoms with E-state index < -0.39 is 0 Å². The Labute approximate surface area is 117 Å². The summed E-state index contributed by atoms with van der Waals surface area (Å²) >= 11 is 0. The maximum Gasteiger partial charge on any atom is 0.321 e. The first-order chi connectivity index (χ1) is 9.75. The van der Waals surface area contributed by atoms with Crippen molar-refractivity contribution in [3.05, 3.63) is 60.2 Å². The molecule has 0 aliphatic rings. The zero-order valence-electron chi connectivity index (χ0n) is 11.2. The van der Waals surface area contributed by atoms with Crippen LogP contribution in [0.4, 0.5) is 0 Å². The normalized spacial score (nSPS) is 10.8. The van der Waals surface area contributed by atoms with Gasteiger partial charge in [-0.3, -0.25) is 4.79 Å². The number of benzene rings is 3. The topological polar surface area (TPSA) is 38.3 Å². The molecule has 3 heteroatoms. The molecule has 3 aromatic rings. The number of nitrogens with one attached hydrogen (secondary N) is 1. The molecule has 0 spiro atoms. The van der Waals surface area contributed by atoms with Crippen LogP contribution < -0.4 is 5.48 Å². The molecule has 0 aliphatic carbocycles. The summed E-state index contributed by atoms with van der Waals surface area (Å²) in [5.74, 6) is -0.337. The third-order valence-electron chi connectivity index (χ3n) is 3.36. The fraction of sp³-hybridized carbons (Fsp3) is 0.118. The van der Waals surface area contributed by atoms with Gasteiger partial charge in [-0.2, -0.15) is 0 Å². The molecule has 0 aromatic heterocycles. The number of hydroxylamine groups is 1. The van der Waals surface area contributed by atoms with E-state index >= 15 is 0 Å². The Morgan fingerprint density at radius 3 is 2.60 bits per heavy atom. The summed E-state index contributed by atoms with van der Waals surface area (Å²) < 4.78 is 0. The maximum absolute atomic E-state index is 10.8. The van der Waals surface area contributed by atoms with Crippen LogP contribution in [0.1, 0.15) is 12.5 Å². The molecule has 0 amide bonds. The van der Waals surface area contributed by atoms with E-state index in [0.29, 0.717) is 6.54 Å². The number of carbonyl (C=O) groups excluding carboxylic acids is 1. The lowest BCUT2D eigenvalue weighted by Gasteiger charge is -2.09. The van der Waals surface area contributed by atoms with E-state index in [1.54, 1.807) is 0 Å². The zero-order chi connectivity index (χ0) is 13.9. The van der Waals surface area contributed by atoms with Gasteiger partial charge in [0, 0.05) is 6.92 Å². The highest BCUT2D eigenvalue weighted by molar-refractivity contribution is 6.08. The smallest absolute Gasteiger partial charge is 0.321 e. The highest BCUT2D eigenvalue weighted by Crippen LogP contribution is 2.27. The molecule has 1 N–H and O–H groups in total. The van der Waals surface area contributed by atoms with Gasteiger partial charge in [0.2, 0.25) is 0 Å². The van der Waals surface area contributed by atoms with Gasteiger partial charge in [0.15, 0.2) is 0 Å². The van der Waals surface area contributed by atoms with E-state index in [4.69, 9.17) is 4.84 Å². The summed E-state index contributed by atoms with van der Waals surface area (Å²) in [5.41, 5.74) is 3.80. The Bertz CT molecular complexity index is 780. The monoisotopic (exact) mass is 265 g/mol. The fourth-order valence-corrected chi connectivity index (χ4v) is 2.48. The quantitative estimate of drug-likeness (QED) is 0.581. The average Bonchev–Trinajstić information content (AvgIpc) is 2.47. The van der Waals surface area contributed by atoms with E-state index in [1.807, 2.05) is 24.3 Å². The predicted octanol–water partition coefficient (Wildman–Crippen LogP) is 3.56. The number of hydrogen-bond acceptors (Lipinski definition) is 3. The van der Waals surface area contributed by atoms with Gasteiger partial charge in [0.25, 0.3) is 0 Å². The van der Waals surface area contributed by atoms with Crippen molar-refractivity contribution in [3.8, 4) is 0 Å². The molecule has 100 valence electrons. The molecule has 0 heterocycles. The minimum Gasteiger partial charge on any atom is -0.371 e. The van der Waals surface area contributed by atoms with Crippen molar-refractivity contribution in [3.63, 3.8) is 0 Å². The minimum atomic E-state index is -0.337. The van der Waals surface area contributed by atoms with Gasteiger partial charge in [0.05, 0.1) is 6.54 Å². The summed E-state index contributed by atoms with van der Waals surface area (Å²) in [6, 6.07) is 18.7. The van der Waals surface area contributed by atoms with E-state index in [2.05, 4.69) is 35.8 Å². The summed E-state index contributed by atoms with van der Waals surface area (Å²) in [6.07, 6.45) is 0. The van der Waals surface area contributed by atoms with Crippen molar-refractivity contribution in [2.75, 3.05) is 0 Å². The second-order valence-electron chi connectivity index (χ2n) is 4.71. The Hall–Kier alpha value is -2.39. The molecule has 0 bridgehead atoms. The van der Waals surface area contributed by atoms with E-state index in [-0.39, 0.29) is 5.97 Å². The van der Waals surface area contributed by atoms with Gasteiger partial charge in [-0.25, -0.2) is 0 Å². The summed E-state index contributed by atoms with van der Waals surface area (Å²) in [7, 11) is 0. The molecule has 20 heavy (non-hydrogen) atoms. The number of carbonyl (C=O) groups is 1. The number of rotatable bonds is 3. The van der Waals surface area contributed by atoms with Crippen LogP contribution >= 0.6 is 0 Å². The van der Waals surface area contributed by atoms with E-state index in [0.717, 1.165) is 5.56 Å². The Morgan fingerprint density at radius 2 is 1.75 bits per heavy atom. The second kappa shape index (κ2) is 5.31. The molecular formula is C17H15NO2. The Kier molecular flexibility index (Phi) is 3.35. The van der Waals surface area contributed by atoms with Gasteiger partial charge in [-0.05, 0) is 27.1 Å². The van der Waals surface area contributed by atoms with Crippen LogP contribution in [0, 0.1) is 0 Å². The standard InChI is InChI=1S/C17H15NO2/c1-12(19)20-18-11-14-6-4-8-17-15-7-3-2-5-13(15)9-10-16(14)17/h2-10,18H,11H2,1H3. The van der Waals surface area contributed by atoms with Crippen LogP contribution in [-0.4, -0.2) is 5.97 Å². The SMILES string of the molecule is CC(=O)ONCc1cccc2c1ccc1ccccc12. The first kappa shape index (κ1) is 12.6. The Morgan fingerprint density at radius 1 is 0.950 bits per heavy atom. The largest absolute Gasteiger partial charge is 0.371 e. The van der Waals surface area contributed by atoms with Crippen LogP contribution in [0.15, 0.2) is 54.6 Å². The van der Waals surface area contributed by atoms with E-state index in [9.17, 15) is 4.79 Å². The van der Waals surface area contributed by atoms with Crippen LogP contribution in [0.2, 0.25) is 0 Å². The molecule has 3 rings (SSSR count). The number of fused-ring (bicyclic) bond motifs is 3. The van der Waals surface area contributed by atoms with Gasteiger partial charge in [-0.1, -0.05) is 54.6 Å². The second-order valence-corrected chi connectivity index (χ2v) is 4.71. The summed E-state index contributed by atoms with van der Waals surface area (Å²) in [5, 5.41) is 4.85. The molecular weight excluding hydrogens is 250 g/mol. The lowest BCUT2D eigenvalue weighted by Crippen LogP contribution is -2.17. The lowest BCUT2D eigenvalue weighted by atomic mass is 9.98. The molecule has 0 radical (unpaired) electrons. The molecule has 0 saturated heterocycles. The zero-order valence-corrected chi connectivity index (χ0v) is 11.2. The number of hydrogen-bond donors (Lipinski definition) is 1. The summed E-state index contributed by atoms with van der Waals surface area (Å²) in [4.78, 5) is 15.6. The van der Waals surface area contributed by atoms with Crippen molar-refractivity contribution >= 4 is 27.5 Å². The molecule has 0 fully saturated rings. The first-order valence-electron chi connectivity index (χ1n) is 6.55. The Balaban J connectivity index is 2.06. The first-order valence-corrected chi connectivity index (χ1v) is 6.55. The molecule has 0 unspecified atom stereocenters. The predicted molar refractivity (Wildman–Crippen MR) is 80.1 cm³/mol. The third kappa shape index (κ3) is 2.36. The van der Waals surface area contributed by atoms with Crippen LogP contribution in [0.5, 0.6) is 0 Å². The van der Waals surface area contributed by atoms with Crippen molar-refractivity contribution in [2.45, 2.75) is 13.5 Å². The molecule has 3 nitrogen and oxygen atoms in total. The summed E-state index contributed by atoms with van der Waals surface area (Å²) in [6.45, 7) is 1.87. The average molecular weight is 265 g/mol. The molecule has 0 atom stereocenters. The van der Waals surface area contributed by atoms with Gasteiger partial charge < -0.3 is 4.84 Å². The van der Waals surface area contributed by atoms with Crippen molar-refractivity contribution in [2.24, 2.45) is 0 Å². The van der Waals surface area contributed by atoms with Crippen LogP contribution in [0.25, 0.3) is 21.5 Å².